The zero-order valence-electron chi connectivity index (χ0n) is 18.9. The van der Waals surface area contributed by atoms with Crippen LogP contribution in [0.3, 0.4) is 0 Å². The predicted molar refractivity (Wildman–Crippen MR) is 128 cm³/mol. The Morgan fingerprint density at radius 3 is 2.61 bits per heavy atom. The first-order chi connectivity index (χ1) is 15.9. The fourth-order valence-corrected chi connectivity index (χ4v) is 5.02. The Morgan fingerprint density at radius 2 is 1.97 bits per heavy atom. The molecule has 1 unspecified atom stereocenters. The number of carbonyl (C=O) groups excluding carboxylic acids is 2. The summed E-state index contributed by atoms with van der Waals surface area (Å²) in [5, 5.41) is 13.2. The van der Waals surface area contributed by atoms with Crippen LogP contribution in [0, 0.1) is 13.8 Å². The van der Waals surface area contributed by atoms with Gasteiger partial charge in [-0.05, 0) is 73.2 Å². The second-order valence-corrected chi connectivity index (χ2v) is 8.99. The molecule has 0 spiro atoms. The normalized spacial score (nSPS) is 17.5. The molecule has 1 aromatic carbocycles. The van der Waals surface area contributed by atoms with Gasteiger partial charge in [-0.15, -0.1) is 11.3 Å². The lowest BCUT2D eigenvalue weighted by Gasteiger charge is -2.24. The van der Waals surface area contributed by atoms with Gasteiger partial charge in [0.2, 0.25) is 0 Å². The van der Waals surface area contributed by atoms with Crippen LogP contribution >= 0.6 is 11.3 Å². The summed E-state index contributed by atoms with van der Waals surface area (Å²) >= 11 is 1.46. The first-order valence-electron chi connectivity index (χ1n) is 10.9. The number of Topliss-reactive ketones (excluding diaryl/α,β-unsaturated/α-hetero) is 1. The molecule has 3 heterocycles. The SMILES string of the molecule is CCCOc1ccc(/C(O)=C2/C(=O)C(=O)N(Cc3ccccn3)C2c2sccc2C)cc1C. The van der Waals surface area contributed by atoms with E-state index in [0.717, 1.165) is 28.2 Å². The van der Waals surface area contributed by atoms with E-state index in [1.165, 1.54) is 16.2 Å². The average Bonchev–Trinajstić information content (AvgIpc) is 3.34. The maximum absolute atomic E-state index is 13.2. The van der Waals surface area contributed by atoms with Crippen molar-refractivity contribution in [1.82, 2.24) is 9.88 Å². The van der Waals surface area contributed by atoms with Crippen LogP contribution in [0.4, 0.5) is 0 Å². The van der Waals surface area contributed by atoms with Crippen molar-refractivity contribution < 1.29 is 19.4 Å². The van der Waals surface area contributed by atoms with Gasteiger partial charge in [0.15, 0.2) is 0 Å². The van der Waals surface area contributed by atoms with Crippen molar-refractivity contribution in [2.75, 3.05) is 6.61 Å². The van der Waals surface area contributed by atoms with E-state index in [9.17, 15) is 14.7 Å². The van der Waals surface area contributed by atoms with Crippen LogP contribution in [0.2, 0.25) is 0 Å². The number of nitrogens with zero attached hydrogens (tertiary/aromatic N) is 2. The smallest absolute Gasteiger partial charge is 0.296 e. The summed E-state index contributed by atoms with van der Waals surface area (Å²) in [7, 11) is 0. The number of aliphatic hydroxyl groups excluding tert-OH is 1. The van der Waals surface area contributed by atoms with Gasteiger partial charge in [0.05, 0.1) is 24.4 Å². The van der Waals surface area contributed by atoms with E-state index in [4.69, 9.17) is 4.74 Å². The van der Waals surface area contributed by atoms with Gasteiger partial charge in [0, 0.05) is 16.6 Å². The predicted octanol–water partition coefficient (Wildman–Crippen LogP) is 5.17. The molecule has 1 atom stereocenters. The maximum Gasteiger partial charge on any atom is 0.296 e. The number of thiophene rings is 1. The number of aromatic nitrogens is 1. The molecule has 0 saturated carbocycles. The Balaban J connectivity index is 1.80. The minimum atomic E-state index is -0.690. The van der Waals surface area contributed by atoms with Crippen molar-refractivity contribution in [3.63, 3.8) is 0 Å². The van der Waals surface area contributed by atoms with Crippen LogP contribution in [0.5, 0.6) is 5.75 Å². The average molecular weight is 463 g/mol. The van der Waals surface area contributed by atoms with Crippen molar-refractivity contribution >= 4 is 28.8 Å². The number of pyridine rings is 1. The monoisotopic (exact) mass is 462 g/mol. The highest BCUT2D eigenvalue weighted by Crippen LogP contribution is 2.43. The minimum absolute atomic E-state index is 0.100. The highest BCUT2D eigenvalue weighted by Gasteiger charge is 2.47. The first kappa shape index (κ1) is 22.7. The molecule has 6 nitrogen and oxygen atoms in total. The number of aryl methyl sites for hydroxylation is 2. The van der Waals surface area contributed by atoms with Crippen molar-refractivity contribution in [2.24, 2.45) is 0 Å². The Kier molecular flexibility index (Phi) is 6.60. The highest BCUT2D eigenvalue weighted by atomic mass is 32.1. The molecule has 7 heteroatoms. The Hall–Kier alpha value is -3.45. The molecular weight excluding hydrogens is 436 g/mol. The van der Waals surface area contributed by atoms with Gasteiger partial charge in [-0.1, -0.05) is 13.0 Å². The Bertz CT molecular complexity index is 1220. The van der Waals surface area contributed by atoms with E-state index in [1.807, 2.05) is 44.4 Å². The number of ether oxygens (including phenoxy) is 1. The van der Waals surface area contributed by atoms with Crippen LogP contribution in [0.25, 0.3) is 5.76 Å². The number of hydrogen-bond donors (Lipinski definition) is 1. The fourth-order valence-electron chi connectivity index (χ4n) is 3.97. The molecule has 0 radical (unpaired) electrons. The largest absolute Gasteiger partial charge is 0.507 e. The summed E-state index contributed by atoms with van der Waals surface area (Å²) in [6.45, 7) is 6.64. The van der Waals surface area contributed by atoms with Gasteiger partial charge in [-0.2, -0.15) is 0 Å². The lowest BCUT2D eigenvalue weighted by atomic mass is 9.97. The molecule has 1 saturated heterocycles. The van der Waals surface area contributed by atoms with E-state index in [-0.39, 0.29) is 17.9 Å². The summed E-state index contributed by atoms with van der Waals surface area (Å²) in [6, 6.07) is 12.0. The zero-order valence-corrected chi connectivity index (χ0v) is 19.7. The molecule has 1 amide bonds. The number of aliphatic hydroxyl groups is 1. The van der Waals surface area contributed by atoms with Crippen LogP contribution in [-0.4, -0.2) is 33.3 Å². The van der Waals surface area contributed by atoms with Crippen LogP contribution in [0.15, 0.2) is 59.6 Å². The molecule has 1 aliphatic rings. The maximum atomic E-state index is 13.2. The van der Waals surface area contributed by atoms with Gasteiger partial charge in [-0.3, -0.25) is 14.6 Å². The number of benzene rings is 1. The fraction of sp³-hybridized carbons (Fsp3) is 0.269. The van der Waals surface area contributed by atoms with E-state index < -0.39 is 17.7 Å². The van der Waals surface area contributed by atoms with Gasteiger partial charge in [0.25, 0.3) is 11.7 Å². The third-order valence-electron chi connectivity index (χ3n) is 5.66. The third-order valence-corrected chi connectivity index (χ3v) is 6.73. The second-order valence-electron chi connectivity index (χ2n) is 8.04. The summed E-state index contributed by atoms with van der Waals surface area (Å²) < 4.78 is 5.73. The standard InChI is InChI=1S/C26H26N2O4S/c1-4-12-32-20-9-8-18(14-17(20)3)23(29)21-22(25-16(2)10-13-33-25)28(26(31)24(21)30)15-19-7-5-6-11-27-19/h5-11,13-14,22,29H,4,12,15H2,1-3H3/b23-21-. The third kappa shape index (κ3) is 4.41. The lowest BCUT2D eigenvalue weighted by molar-refractivity contribution is -0.140. The quantitative estimate of drug-likeness (QED) is 0.298. The van der Waals surface area contributed by atoms with E-state index in [1.54, 1.807) is 30.5 Å². The lowest BCUT2D eigenvalue weighted by Crippen LogP contribution is -2.29. The van der Waals surface area contributed by atoms with Crippen molar-refractivity contribution in [3.8, 4) is 5.75 Å². The van der Waals surface area contributed by atoms with Crippen LogP contribution in [0.1, 0.15) is 46.6 Å². The molecule has 33 heavy (non-hydrogen) atoms. The molecule has 0 bridgehead atoms. The molecule has 1 N–H and O–H groups in total. The number of carbonyl (C=O) groups is 2. The molecule has 4 rings (SSSR count). The van der Waals surface area contributed by atoms with Gasteiger partial charge >= 0.3 is 0 Å². The summed E-state index contributed by atoms with van der Waals surface area (Å²) in [5.41, 5.74) is 3.06. The highest BCUT2D eigenvalue weighted by molar-refractivity contribution is 7.10. The first-order valence-corrected chi connectivity index (χ1v) is 11.8. The molecule has 1 aliphatic heterocycles. The molecule has 0 aliphatic carbocycles. The second kappa shape index (κ2) is 9.58. The van der Waals surface area contributed by atoms with Gasteiger partial charge in [-0.25, -0.2) is 0 Å². The summed E-state index contributed by atoms with van der Waals surface area (Å²) in [6.07, 6.45) is 2.54. The summed E-state index contributed by atoms with van der Waals surface area (Å²) in [4.78, 5) is 33.0. The van der Waals surface area contributed by atoms with E-state index in [2.05, 4.69) is 4.98 Å². The molecule has 3 aromatic rings. The summed E-state index contributed by atoms with van der Waals surface area (Å²) in [5.74, 6) is -0.778. The number of rotatable bonds is 7. The number of hydrogen-bond acceptors (Lipinski definition) is 6. The minimum Gasteiger partial charge on any atom is -0.507 e. The Labute approximate surface area is 197 Å². The zero-order chi connectivity index (χ0) is 23.5. The van der Waals surface area contributed by atoms with Gasteiger partial charge in [0.1, 0.15) is 17.6 Å². The molecule has 2 aromatic heterocycles. The number of ketones is 1. The molecule has 1 fully saturated rings. The number of amides is 1. The Morgan fingerprint density at radius 1 is 1.15 bits per heavy atom. The van der Waals surface area contributed by atoms with Crippen LogP contribution < -0.4 is 4.74 Å². The van der Waals surface area contributed by atoms with Crippen molar-refractivity contribution in [2.45, 2.75) is 39.8 Å². The van der Waals surface area contributed by atoms with E-state index >= 15 is 0 Å². The van der Waals surface area contributed by atoms with E-state index in [0.29, 0.717) is 17.9 Å². The van der Waals surface area contributed by atoms with Crippen molar-refractivity contribution in [3.05, 3.63) is 86.9 Å². The van der Waals surface area contributed by atoms with Crippen molar-refractivity contribution in [1.29, 1.82) is 0 Å². The van der Waals surface area contributed by atoms with Crippen LogP contribution in [-0.2, 0) is 16.1 Å². The van der Waals surface area contributed by atoms with Gasteiger partial charge < -0.3 is 14.7 Å². The molecular formula is C26H26N2O4S. The molecule has 170 valence electrons. The number of likely N-dealkylation sites (tertiary alicyclic amines) is 1. The topological polar surface area (TPSA) is 79.7 Å².